The van der Waals surface area contributed by atoms with Gasteiger partial charge in [0.15, 0.2) is 11.5 Å². The lowest BCUT2D eigenvalue weighted by atomic mass is 10.1. The summed E-state index contributed by atoms with van der Waals surface area (Å²) in [4.78, 5) is 12.7. The summed E-state index contributed by atoms with van der Waals surface area (Å²) in [5.74, 6) is 0.210. The van der Waals surface area contributed by atoms with Crippen LogP contribution in [0.25, 0.3) is 10.6 Å². The standard InChI is InChI=1S/C12H14N2O3S/c1-12(2,16)7-13-11(15)8-6-9(17-14-8)10-4-3-5-18-10/h3-6,16H,7H2,1-2H3,(H,13,15). The molecule has 0 atom stereocenters. The first-order valence-corrected chi connectivity index (χ1v) is 6.35. The Morgan fingerprint density at radius 2 is 2.39 bits per heavy atom. The predicted octanol–water partition coefficient (Wildman–Crippen LogP) is 1.90. The minimum absolute atomic E-state index is 0.160. The molecule has 2 N–H and O–H groups in total. The van der Waals surface area contributed by atoms with Gasteiger partial charge in [-0.25, -0.2) is 0 Å². The number of thiophene rings is 1. The van der Waals surface area contributed by atoms with Gasteiger partial charge in [-0.1, -0.05) is 11.2 Å². The third-order valence-corrected chi connectivity index (χ3v) is 3.07. The summed E-state index contributed by atoms with van der Waals surface area (Å²) in [6.07, 6.45) is 0. The highest BCUT2D eigenvalue weighted by Gasteiger charge is 2.18. The molecule has 2 rings (SSSR count). The van der Waals surface area contributed by atoms with Crippen LogP contribution in [0.3, 0.4) is 0 Å². The molecule has 6 heteroatoms. The Bertz CT molecular complexity index is 526. The molecule has 2 aromatic rings. The van der Waals surface area contributed by atoms with Crippen molar-refractivity contribution in [1.29, 1.82) is 0 Å². The molecule has 2 aromatic heterocycles. The molecule has 0 radical (unpaired) electrons. The fourth-order valence-electron chi connectivity index (χ4n) is 1.30. The van der Waals surface area contributed by atoms with Crippen molar-refractivity contribution in [3.8, 4) is 10.6 Å². The lowest BCUT2D eigenvalue weighted by Crippen LogP contribution is -2.38. The van der Waals surface area contributed by atoms with Gasteiger partial charge in [0, 0.05) is 12.6 Å². The van der Waals surface area contributed by atoms with E-state index in [2.05, 4.69) is 10.5 Å². The second-order valence-corrected chi connectivity index (χ2v) is 5.50. The van der Waals surface area contributed by atoms with Gasteiger partial charge in [0.25, 0.3) is 5.91 Å². The van der Waals surface area contributed by atoms with Crippen LogP contribution in [0.5, 0.6) is 0 Å². The monoisotopic (exact) mass is 266 g/mol. The van der Waals surface area contributed by atoms with Crippen LogP contribution in [0.4, 0.5) is 0 Å². The summed E-state index contributed by atoms with van der Waals surface area (Å²) in [7, 11) is 0. The molecule has 5 nitrogen and oxygen atoms in total. The molecule has 1 amide bonds. The van der Waals surface area contributed by atoms with Crippen LogP contribution >= 0.6 is 11.3 Å². The maximum absolute atomic E-state index is 11.7. The van der Waals surface area contributed by atoms with Crippen LogP contribution in [0.1, 0.15) is 24.3 Å². The number of aromatic nitrogens is 1. The average molecular weight is 266 g/mol. The van der Waals surface area contributed by atoms with E-state index in [1.54, 1.807) is 19.9 Å². The topological polar surface area (TPSA) is 75.4 Å². The van der Waals surface area contributed by atoms with E-state index in [0.29, 0.717) is 5.76 Å². The summed E-state index contributed by atoms with van der Waals surface area (Å²) >= 11 is 1.51. The molecule has 0 aliphatic carbocycles. The van der Waals surface area contributed by atoms with Gasteiger partial charge in [0.1, 0.15) is 0 Å². The molecule has 0 bridgehead atoms. The molecule has 0 saturated heterocycles. The molecule has 18 heavy (non-hydrogen) atoms. The van der Waals surface area contributed by atoms with Gasteiger partial charge in [-0.3, -0.25) is 4.79 Å². The maximum atomic E-state index is 11.7. The quantitative estimate of drug-likeness (QED) is 0.886. The van der Waals surface area contributed by atoms with Crippen LogP contribution < -0.4 is 5.32 Å². The maximum Gasteiger partial charge on any atom is 0.273 e. The van der Waals surface area contributed by atoms with Gasteiger partial charge in [-0.05, 0) is 25.3 Å². The summed E-state index contributed by atoms with van der Waals surface area (Å²) < 4.78 is 5.10. The van der Waals surface area contributed by atoms with Crippen molar-refractivity contribution in [2.24, 2.45) is 0 Å². The second kappa shape index (κ2) is 4.91. The van der Waals surface area contributed by atoms with Gasteiger partial charge >= 0.3 is 0 Å². The zero-order chi connectivity index (χ0) is 13.2. The van der Waals surface area contributed by atoms with Gasteiger partial charge in [0.05, 0.1) is 10.5 Å². The zero-order valence-electron chi connectivity index (χ0n) is 10.1. The van der Waals surface area contributed by atoms with Crippen molar-refractivity contribution in [2.75, 3.05) is 6.54 Å². The summed E-state index contributed by atoms with van der Waals surface area (Å²) in [6, 6.07) is 5.38. The molecule has 2 heterocycles. The number of nitrogens with zero attached hydrogens (tertiary/aromatic N) is 1. The van der Waals surface area contributed by atoms with Crippen molar-refractivity contribution in [1.82, 2.24) is 10.5 Å². The minimum Gasteiger partial charge on any atom is -0.389 e. The first kappa shape index (κ1) is 12.8. The van der Waals surface area contributed by atoms with Crippen LogP contribution in [-0.4, -0.2) is 28.3 Å². The fourth-order valence-corrected chi connectivity index (χ4v) is 1.98. The first-order chi connectivity index (χ1) is 8.46. The van der Waals surface area contributed by atoms with E-state index < -0.39 is 5.60 Å². The largest absolute Gasteiger partial charge is 0.389 e. The molecule has 0 unspecified atom stereocenters. The van der Waals surface area contributed by atoms with Crippen LogP contribution in [0.15, 0.2) is 28.1 Å². The highest BCUT2D eigenvalue weighted by Crippen LogP contribution is 2.24. The summed E-state index contributed by atoms with van der Waals surface area (Å²) in [6.45, 7) is 3.40. The van der Waals surface area contributed by atoms with E-state index in [0.717, 1.165) is 4.88 Å². The molecule has 0 fully saturated rings. The Morgan fingerprint density at radius 3 is 3.00 bits per heavy atom. The van der Waals surface area contributed by atoms with E-state index in [1.165, 1.54) is 11.3 Å². The Labute approximate surface area is 108 Å². The zero-order valence-corrected chi connectivity index (χ0v) is 11.0. The Hall–Kier alpha value is -1.66. The predicted molar refractivity (Wildman–Crippen MR) is 68.4 cm³/mol. The number of hydrogen-bond acceptors (Lipinski definition) is 5. The highest BCUT2D eigenvalue weighted by atomic mass is 32.1. The summed E-state index contributed by atoms with van der Waals surface area (Å²) in [5.41, 5.74) is -0.738. The van der Waals surface area contributed by atoms with Crippen molar-refractivity contribution in [3.05, 3.63) is 29.3 Å². The Morgan fingerprint density at radius 1 is 1.61 bits per heavy atom. The smallest absolute Gasteiger partial charge is 0.273 e. The van der Waals surface area contributed by atoms with Crippen molar-refractivity contribution >= 4 is 17.2 Å². The van der Waals surface area contributed by atoms with Gasteiger partial charge in [0.2, 0.25) is 0 Å². The molecule has 0 aliphatic heterocycles. The fraction of sp³-hybridized carbons (Fsp3) is 0.333. The number of amides is 1. The molecule has 0 aliphatic rings. The molecule has 0 aromatic carbocycles. The van der Waals surface area contributed by atoms with E-state index in [4.69, 9.17) is 4.52 Å². The van der Waals surface area contributed by atoms with E-state index >= 15 is 0 Å². The van der Waals surface area contributed by atoms with Gasteiger partial charge < -0.3 is 14.9 Å². The van der Waals surface area contributed by atoms with E-state index in [9.17, 15) is 9.90 Å². The van der Waals surface area contributed by atoms with Gasteiger partial charge in [-0.2, -0.15) is 0 Å². The van der Waals surface area contributed by atoms with Gasteiger partial charge in [-0.15, -0.1) is 11.3 Å². The molecule has 96 valence electrons. The van der Waals surface area contributed by atoms with Crippen LogP contribution in [-0.2, 0) is 0 Å². The Kier molecular flexibility index (Phi) is 3.49. The normalized spacial score (nSPS) is 11.5. The number of hydrogen-bond donors (Lipinski definition) is 2. The third kappa shape index (κ3) is 3.18. The van der Waals surface area contributed by atoms with E-state index in [-0.39, 0.29) is 18.1 Å². The molecule has 0 spiro atoms. The average Bonchev–Trinajstić information content (AvgIpc) is 2.94. The SMILES string of the molecule is CC(C)(O)CNC(=O)c1cc(-c2cccs2)on1. The Balaban J connectivity index is 2.04. The lowest BCUT2D eigenvalue weighted by molar-refractivity contribution is 0.0690. The van der Waals surface area contributed by atoms with E-state index in [1.807, 2.05) is 17.5 Å². The molecular weight excluding hydrogens is 252 g/mol. The number of carbonyl (C=O) groups is 1. The third-order valence-electron chi connectivity index (χ3n) is 2.19. The molecular formula is C12H14N2O3S. The number of aliphatic hydroxyl groups is 1. The lowest BCUT2D eigenvalue weighted by Gasteiger charge is -2.16. The van der Waals surface area contributed by atoms with Crippen molar-refractivity contribution < 1.29 is 14.4 Å². The second-order valence-electron chi connectivity index (χ2n) is 4.55. The summed E-state index contributed by atoms with van der Waals surface area (Å²) in [5, 5.41) is 17.7. The molecule has 0 saturated carbocycles. The highest BCUT2D eigenvalue weighted by molar-refractivity contribution is 7.13. The van der Waals surface area contributed by atoms with Crippen molar-refractivity contribution in [2.45, 2.75) is 19.4 Å². The van der Waals surface area contributed by atoms with Crippen molar-refractivity contribution in [3.63, 3.8) is 0 Å². The number of carbonyl (C=O) groups excluding carboxylic acids is 1. The van der Waals surface area contributed by atoms with Crippen LogP contribution in [0.2, 0.25) is 0 Å². The number of nitrogens with one attached hydrogen (secondary N) is 1. The number of rotatable bonds is 4. The minimum atomic E-state index is -0.948. The first-order valence-electron chi connectivity index (χ1n) is 5.47. The van der Waals surface area contributed by atoms with Crippen LogP contribution in [0, 0.1) is 0 Å².